The molecule has 0 amide bonds. The van der Waals surface area contributed by atoms with Crippen molar-refractivity contribution in [2.24, 2.45) is 5.73 Å². The third-order valence-electron chi connectivity index (χ3n) is 1.89. The summed E-state index contributed by atoms with van der Waals surface area (Å²) in [6, 6.07) is 0. The van der Waals surface area contributed by atoms with E-state index in [9.17, 15) is 0 Å². The van der Waals surface area contributed by atoms with Gasteiger partial charge in [-0.3, -0.25) is 0 Å². The Labute approximate surface area is 81.0 Å². The normalized spacial score (nSPS) is 14.5. The third-order valence-corrected chi connectivity index (χ3v) is 1.89. The van der Waals surface area contributed by atoms with Gasteiger partial charge in [0.05, 0.1) is 12.1 Å². The van der Waals surface area contributed by atoms with Gasteiger partial charge in [0.25, 0.3) is 0 Å². The lowest BCUT2D eigenvalue weighted by molar-refractivity contribution is 0.123. The Bertz CT molecular complexity index is 183. The highest BCUT2D eigenvalue weighted by Crippen LogP contribution is 2.00. The summed E-state index contributed by atoms with van der Waals surface area (Å²) in [5.41, 5.74) is 5.51. The Balaban J connectivity index is 3.73. The van der Waals surface area contributed by atoms with Crippen molar-refractivity contribution in [3.8, 4) is 11.8 Å². The van der Waals surface area contributed by atoms with Crippen LogP contribution in [0.2, 0.25) is 0 Å². The quantitative estimate of drug-likeness (QED) is 0.462. The second-order valence-electron chi connectivity index (χ2n) is 3.30. The monoisotopic (exact) mass is 184 g/mol. The van der Waals surface area contributed by atoms with Crippen molar-refractivity contribution in [3.63, 3.8) is 0 Å². The molecule has 3 nitrogen and oxygen atoms in total. The fourth-order valence-corrected chi connectivity index (χ4v) is 1.05. The molecule has 0 saturated heterocycles. The maximum absolute atomic E-state index is 5.63. The summed E-state index contributed by atoms with van der Waals surface area (Å²) in [4.78, 5) is 0. The molecule has 0 aliphatic heterocycles. The van der Waals surface area contributed by atoms with E-state index in [0.29, 0.717) is 13.2 Å². The molecular formula is C10H20N2O. The van der Waals surface area contributed by atoms with Crippen LogP contribution in [0.15, 0.2) is 0 Å². The topological polar surface area (TPSA) is 47.3 Å². The first kappa shape index (κ1) is 12.4. The SMILES string of the molecule is CC#CCCNC(C)(CN)COC. The molecule has 0 aromatic heterocycles. The van der Waals surface area contributed by atoms with Crippen LogP contribution in [0.3, 0.4) is 0 Å². The van der Waals surface area contributed by atoms with Gasteiger partial charge in [-0.25, -0.2) is 0 Å². The molecule has 0 bridgehead atoms. The number of hydrogen-bond acceptors (Lipinski definition) is 3. The summed E-state index contributed by atoms with van der Waals surface area (Å²) in [7, 11) is 1.68. The van der Waals surface area contributed by atoms with Crippen molar-refractivity contribution < 1.29 is 4.74 Å². The molecule has 1 atom stereocenters. The molecule has 0 fully saturated rings. The van der Waals surface area contributed by atoms with E-state index in [1.165, 1.54) is 0 Å². The molecule has 76 valence electrons. The van der Waals surface area contributed by atoms with E-state index in [1.807, 2.05) is 6.92 Å². The maximum Gasteiger partial charge on any atom is 0.0654 e. The van der Waals surface area contributed by atoms with Crippen molar-refractivity contribution in [1.82, 2.24) is 5.32 Å². The molecule has 1 unspecified atom stereocenters. The first-order valence-electron chi connectivity index (χ1n) is 4.52. The Morgan fingerprint density at radius 2 is 2.23 bits per heavy atom. The Morgan fingerprint density at radius 3 is 2.69 bits per heavy atom. The number of nitrogens with one attached hydrogen (secondary N) is 1. The van der Waals surface area contributed by atoms with Crippen LogP contribution in [0.5, 0.6) is 0 Å². The summed E-state index contributed by atoms with van der Waals surface area (Å²) < 4.78 is 5.08. The van der Waals surface area contributed by atoms with Crippen LogP contribution < -0.4 is 11.1 Å². The molecule has 0 spiro atoms. The highest BCUT2D eigenvalue weighted by molar-refractivity contribution is 4.96. The van der Waals surface area contributed by atoms with Crippen molar-refractivity contribution in [3.05, 3.63) is 0 Å². The number of methoxy groups -OCH3 is 1. The zero-order chi connectivity index (χ0) is 10.2. The summed E-state index contributed by atoms with van der Waals surface area (Å²) in [6.45, 7) is 5.95. The Hall–Kier alpha value is -0.560. The van der Waals surface area contributed by atoms with E-state index in [1.54, 1.807) is 7.11 Å². The minimum atomic E-state index is -0.121. The van der Waals surface area contributed by atoms with E-state index in [-0.39, 0.29) is 5.54 Å². The fourth-order valence-electron chi connectivity index (χ4n) is 1.05. The Kier molecular flexibility index (Phi) is 6.61. The van der Waals surface area contributed by atoms with Gasteiger partial charge in [-0.2, -0.15) is 0 Å². The minimum absolute atomic E-state index is 0.121. The van der Waals surface area contributed by atoms with Crippen molar-refractivity contribution in [2.45, 2.75) is 25.8 Å². The van der Waals surface area contributed by atoms with Gasteiger partial charge in [0.15, 0.2) is 0 Å². The molecule has 0 aliphatic carbocycles. The van der Waals surface area contributed by atoms with Gasteiger partial charge in [0.2, 0.25) is 0 Å². The van der Waals surface area contributed by atoms with Crippen LogP contribution in [-0.2, 0) is 4.74 Å². The standard InChI is InChI=1S/C10H20N2O/c1-4-5-6-7-12-10(2,8-11)9-13-3/h12H,6-9,11H2,1-3H3. The van der Waals surface area contributed by atoms with Crippen LogP contribution in [0.25, 0.3) is 0 Å². The van der Waals surface area contributed by atoms with Gasteiger partial charge < -0.3 is 15.8 Å². The number of ether oxygens (including phenoxy) is 1. The molecule has 0 aliphatic rings. The lowest BCUT2D eigenvalue weighted by atomic mass is 10.0. The maximum atomic E-state index is 5.63. The minimum Gasteiger partial charge on any atom is -0.383 e. The summed E-state index contributed by atoms with van der Waals surface area (Å²) >= 11 is 0. The van der Waals surface area contributed by atoms with Crippen LogP contribution in [-0.4, -0.2) is 32.3 Å². The van der Waals surface area contributed by atoms with Crippen molar-refractivity contribution in [1.29, 1.82) is 0 Å². The largest absolute Gasteiger partial charge is 0.383 e. The van der Waals surface area contributed by atoms with Crippen molar-refractivity contribution in [2.75, 3.05) is 26.8 Å². The summed E-state index contributed by atoms with van der Waals surface area (Å²) in [5, 5.41) is 3.33. The van der Waals surface area contributed by atoms with E-state index in [4.69, 9.17) is 10.5 Å². The summed E-state index contributed by atoms with van der Waals surface area (Å²) in [6.07, 6.45) is 0.857. The van der Waals surface area contributed by atoms with Gasteiger partial charge in [-0.1, -0.05) is 0 Å². The highest BCUT2D eigenvalue weighted by atomic mass is 16.5. The molecule has 13 heavy (non-hydrogen) atoms. The predicted octanol–water partition coefficient (Wildman–Crippen LogP) is 0.353. The van der Waals surface area contributed by atoms with Gasteiger partial charge in [0.1, 0.15) is 0 Å². The van der Waals surface area contributed by atoms with E-state index in [2.05, 4.69) is 24.1 Å². The number of rotatable bonds is 6. The summed E-state index contributed by atoms with van der Waals surface area (Å²) in [5.74, 6) is 5.84. The molecule has 0 rings (SSSR count). The van der Waals surface area contributed by atoms with E-state index >= 15 is 0 Å². The van der Waals surface area contributed by atoms with Crippen LogP contribution in [0.4, 0.5) is 0 Å². The average molecular weight is 184 g/mol. The smallest absolute Gasteiger partial charge is 0.0654 e. The zero-order valence-electron chi connectivity index (χ0n) is 8.81. The van der Waals surface area contributed by atoms with Crippen LogP contribution >= 0.6 is 0 Å². The van der Waals surface area contributed by atoms with Crippen LogP contribution in [0.1, 0.15) is 20.3 Å². The van der Waals surface area contributed by atoms with E-state index < -0.39 is 0 Å². The molecule has 3 heteroatoms. The zero-order valence-corrected chi connectivity index (χ0v) is 8.81. The van der Waals surface area contributed by atoms with E-state index in [0.717, 1.165) is 13.0 Å². The van der Waals surface area contributed by atoms with Gasteiger partial charge in [0, 0.05) is 26.6 Å². The average Bonchev–Trinajstić information content (AvgIpc) is 2.13. The molecule has 0 aromatic carbocycles. The molecule has 0 heterocycles. The first-order chi connectivity index (χ1) is 6.18. The second kappa shape index (κ2) is 6.90. The second-order valence-corrected chi connectivity index (χ2v) is 3.30. The predicted molar refractivity (Wildman–Crippen MR) is 55.4 cm³/mol. The molecule has 3 N–H and O–H groups in total. The highest BCUT2D eigenvalue weighted by Gasteiger charge is 2.20. The lowest BCUT2D eigenvalue weighted by Crippen LogP contribution is -2.52. The van der Waals surface area contributed by atoms with Crippen LogP contribution in [0, 0.1) is 11.8 Å². The third kappa shape index (κ3) is 5.64. The van der Waals surface area contributed by atoms with Crippen molar-refractivity contribution >= 4 is 0 Å². The lowest BCUT2D eigenvalue weighted by Gasteiger charge is -2.28. The number of nitrogens with two attached hydrogens (primary N) is 1. The van der Waals surface area contributed by atoms with Gasteiger partial charge in [-0.15, -0.1) is 11.8 Å². The fraction of sp³-hybridized carbons (Fsp3) is 0.800. The van der Waals surface area contributed by atoms with Gasteiger partial charge >= 0.3 is 0 Å². The Morgan fingerprint density at radius 1 is 1.54 bits per heavy atom. The first-order valence-corrected chi connectivity index (χ1v) is 4.52. The molecule has 0 saturated carbocycles. The van der Waals surface area contributed by atoms with Gasteiger partial charge in [-0.05, 0) is 13.8 Å². The molecule has 0 radical (unpaired) electrons. The molecular weight excluding hydrogens is 164 g/mol. The molecule has 0 aromatic rings. The number of hydrogen-bond donors (Lipinski definition) is 2.